The van der Waals surface area contributed by atoms with Gasteiger partial charge in [-0.05, 0) is 73.2 Å². The Balaban J connectivity index is 1.55. The number of benzene rings is 3. The maximum Gasteiger partial charge on any atom is 0.261 e. The highest BCUT2D eigenvalue weighted by atomic mass is 32.2. The first kappa shape index (κ1) is 27.9. The van der Waals surface area contributed by atoms with Crippen molar-refractivity contribution in [1.82, 2.24) is 4.31 Å². The maximum absolute atomic E-state index is 13.1. The molecule has 0 saturated carbocycles. The lowest BCUT2D eigenvalue weighted by Gasteiger charge is -2.26. The molecule has 1 aliphatic heterocycles. The number of hydrogen-bond acceptors (Lipinski definition) is 8. The number of methoxy groups -OCH3 is 1. The highest BCUT2D eigenvalue weighted by molar-refractivity contribution is 7.93. The van der Waals surface area contributed by atoms with E-state index >= 15 is 0 Å². The number of hydrogen-bond donors (Lipinski definition) is 2. The van der Waals surface area contributed by atoms with Gasteiger partial charge in [-0.25, -0.2) is 25.3 Å². The predicted molar refractivity (Wildman–Crippen MR) is 142 cm³/mol. The molecule has 3 aromatic carbocycles. The fourth-order valence-electron chi connectivity index (χ4n) is 3.68. The second kappa shape index (κ2) is 10.9. The molecule has 38 heavy (non-hydrogen) atoms. The Bertz CT molecular complexity index is 1620. The van der Waals surface area contributed by atoms with Gasteiger partial charge >= 0.3 is 0 Å². The van der Waals surface area contributed by atoms with Crippen molar-refractivity contribution in [2.75, 3.05) is 42.9 Å². The van der Waals surface area contributed by atoms with Gasteiger partial charge in [0.2, 0.25) is 10.0 Å². The van der Waals surface area contributed by atoms with E-state index in [1.165, 1.54) is 66.0 Å². The van der Waals surface area contributed by atoms with Crippen LogP contribution in [0.2, 0.25) is 0 Å². The summed E-state index contributed by atoms with van der Waals surface area (Å²) in [6.07, 6.45) is 0. The van der Waals surface area contributed by atoms with E-state index in [4.69, 9.17) is 9.47 Å². The van der Waals surface area contributed by atoms with E-state index in [9.17, 15) is 25.3 Å². The second-order valence-electron chi connectivity index (χ2n) is 8.40. The Morgan fingerprint density at radius 1 is 0.737 bits per heavy atom. The molecule has 4 rings (SSSR count). The molecule has 0 aromatic heterocycles. The molecule has 204 valence electrons. The van der Waals surface area contributed by atoms with Gasteiger partial charge < -0.3 is 9.47 Å². The quantitative estimate of drug-likeness (QED) is 0.392. The standard InChI is InChI=1S/C24H27N3O8S3/c1-18-3-8-23(37(30,31)25-19-4-6-20(34-2)7-5-19)17-24(18)26-36(28,29)21-9-11-22(12-10-21)38(32,33)27-13-15-35-16-14-27/h3-12,17,25-26H,13-16H2,1-2H3. The number of sulfonamides is 3. The molecule has 14 heteroatoms. The van der Waals surface area contributed by atoms with Gasteiger partial charge in [0.15, 0.2) is 0 Å². The average molecular weight is 582 g/mol. The molecule has 0 aliphatic carbocycles. The van der Waals surface area contributed by atoms with Crippen LogP contribution in [0, 0.1) is 6.92 Å². The van der Waals surface area contributed by atoms with E-state index in [1.807, 2.05) is 0 Å². The van der Waals surface area contributed by atoms with E-state index in [-0.39, 0.29) is 33.5 Å². The first-order valence-electron chi connectivity index (χ1n) is 11.4. The summed E-state index contributed by atoms with van der Waals surface area (Å²) in [5, 5.41) is 0. The van der Waals surface area contributed by atoms with Crippen molar-refractivity contribution in [2.24, 2.45) is 0 Å². The van der Waals surface area contributed by atoms with Crippen molar-refractivity contribution < 1.29 is 34.7 Å². The lowest BCUT2D eigenvalue weighted by molar-refractivity contribution is 0.0730. The fraction of sp³-hybridized carbons (Fsp3) is 0.250. The van der Waals surface area contributed by atoms with Gasteiger partial charge in [-0.15, -0.1) is 0 Å². The molecule has 2 N–H and O–H groups in total. The normalized spacial score (nSPS) is 15.1. The molecule has 0 amide bonds. The van der Waals surface area contributed by atoms with Crippen LogP contribution in [-0.2, 0) is 34.8 Å². The van der Waals surface area contributed by atoms with Gasteiger partial charge in [0.05, 0.1) is 40.7 Å². The van der Waals surface area contributed by atoms with Crippen molar-refractivity contribution in [3.05, 3.63) is 72.3 Å². The molecule has 0 atom stereocenters. The first-order valence-corrected chi connectivity index (χ1v) is 15.8. The van der Waals surface area contributed by atoms with Crippen LogP contribution in [-0.4, -0.2) is 63.0 Å². The van der Waals surface area contributed by atoms with Gasteiger partial charge in [0.1, 0.15) is 5.75 Å². The van der Waals surface area contributed by atoms with E-state index in [0.29, 0.717) is 30.2 Å². The lowest BCUT2D eigenvalue weighted by atomic mass is 10.2. The minimum Gasteiger partial charge on any atom is -0.497 e. The Kier molecular flexibility index (Phi) is 7.99. The third-order valence-electron chi connectivity index (χ3n) is 5.85. The molecular formula is C24H27N3O8S3. The van der Waals surface area contributed by atoms with Gasteiger partial charge in [-0.2, -0.15) is 4.31 Å². The first-order chi connectivity index (χ1) is 17.9. The summed E-state index contributed by atoms with van der Waals surface area (Å²) in [6, 6.07) is 15.2. The summed E-state index contributed by atoms with van der Waals surface area (Å²) < 4.78 is 94.0. The Labute approximate surface area is 222 Å². The van der Waals surface area contributed by atoms with Crippen LogP contribution in [0.4, 0.5) is 11.4 Å². The Hall–Kier alpha value is -3.17. The minimum absolute atomic E-state index is 0.0350. The molecule has 1 saturated heterocycles. The van der Waals surface area contributed by atoms with Crippen LogP contribution < -0.4 is 14.2 Å². The number of ether oxygens (including phenoxy) is 2. The van der Waals surface area contributed by atoms with Crippen LogP contribution in [0.3, 0.4) is 0 Å². The summed E-state index contributed by atoms with van der Waals surface area (Å²) in [7, 11) is -10.5. The summed E-state index contributed by atoms with van der Waals surface area (Å²) in [6.45, 7) is 2.65. The molecule has 1 heterocycles. The third kappa shape index (κ3) is 6.10. The number of rotatable bonds is 9. The molecule has 0 radical (unpaired) electrons. The SMILES string of the molecule is COc1ccc(NS(=O)(=O)c2ccc(C)c(NS(=O)(=O)c3ccc(S(=O)(=O)N4CCOCC4)cc3)c2)cc1. The average Bonchev–Trinajstić information content (AvgIpc) is 2.90. The highest BCUT2D eigenvalue weighted by Crippen LogP contribution is 2.26. The van der Waals surface area contributed by atoms with Gasteiger partial charge in [0, 0.05) is 18.8 Å². The molecular weight excluding hydrogens is 554 g/mol. The highest BCUT2D eigenvalue weighted by Gasteiger charge is 2.27. The summed E-state index contributed by atoms with van der Waals surface area (Å²) in [4.78, 5) is -0.363. The number of morpholine rings is 1. The van der Waals surface area contributed by atoms with Crippen molar-refractivity contribution >= 4 is 41.4 Å². The van der Waals surface area contributed by atoms with Crippen molar-refractivity contribution in [3.63, 3.8) is 0 Å². The van der Waals surface area contributed by atoms with E-state index in [1.54, 1.807) is 19.1 Å². The molecule has 1 fully saturated rings. The fourth-order valence-corrected chi connectivity index (χ4v) is 7.30. The molecule has 3 aromatic rings. The smallest absolute Gasteiger partial charge is 0.261 e. The van der Waals surface area contributed by atoms with Crippen molar-refractivity contribution in [2.45, 2.75) is 21.6 Å². The molecule has 11 nitrogen and oxygen atoms in total. The summed E-state index contributed by atoms with van der Waals surface area (Å²) in [5.41, 5.74) is 0.858. The van der Waals surface area contributed by atoms with Crippen molar-refractivity contribution in [1.29, 1.82) is 0 Å². The molecule has 0 unspecified atom stereocenters. The zero-order valence-electron chi connectivity index (χ0n) is 20.6. The van der Waals surface area contributed by atoms with Gasteiger partial charge in [-0.1, -0.05) is 6.07 Å². The van der Waals surface area contributed by atoms with Gasteiger partial charge in [0.25, 0.3) is 20.0 Å². The van der Waals surface area contributed by atoms with Crippen LogP contribution in [0.25, 0.3) is 0 Å². The van der Waals surface area contributed by atoms with Crippen molar-refractivity contribution in [3.8, 4) is 5.75 Å². The van der Waals surface area contributed by atoms with E-state index in [2.05, 4.69) is 9.44 Å². The zero-order chi connectivity index (χ0) is 27.6. The predicted octanol–water partition coefficient (Wildman–Crippen LogP) is 2.63. The topological polar surface area (TPSA) is 148 Å². The van der Waals surface area contributed by atoms with Crippen LogP contribution >= 0.6 is 0 Å². The van der Waals surface area contributed by atoms with Gasteiger partial charge in [-0.3, -0.25) is 9.44 Å². The monoisotopic (exact) mass is 581 g/mol. The summed E-state index contributed by atoms with van der Waals surface area (Å²) >= 11 is 0. The molecule has 0 spiro atoms. The Morgan fingerprint density at radius 2 is 1.29 bits per heavy atom. The van der Waals surface area contributed by atoms with Crippen LogP contribution in [0.1, 0.15) is 5.56 Å². The minimum atomic E-state index is -4.16. The number of nitrogens with zero attached hydrogens (tertiary/aromatic N) is 1. The lowest BCUT2D eigenvalue weighted by Crippen LogP contribution is -2.40. The number of nitrogens with one attached hydrogen (secondary N) is 2. The third-order valence-corrected chi connectivity index (χ3v) is 10.5. The maximum atomic E-state index is 13.1. The number of anilines is 2. The summed E-state index contributed by atoms with van der Waals surface area (Å²) in [5.74, 6) is 0.562. The zero-order valence-corrected chi connectivity index (χ0v) is 23.1. The van der Waals surface area contributed by atoms with E-state index in [0.717, 1.165) is 0 Å². The number of aryl methyl sites for hydroxylation is 1. The second-order valence-corrected chi connectivity index (χ2v) is 13.7. The van der Waals surface area contributed by atoms with Crippen LogP contribution in [0.15, 0.2) is 81.4 Å². The molecule has 1 aliphatic rings. The largest absolute Gasteiger partial charge is 0.497 e. The molecule has 0 bridgehead atoms. The Morgan fingerprint density at radius 3 is 1.89 bits per heavy atom. The van der Waals surface area contributed by atoms with Crippen LogP contribution in [0.5, 0.6) is 5.75 Å². The van der Waals surface area contributed by atoms with E-state index < -0.39 is 30.1 Å².